The third-order valence-corrected chi connectivity index (χ3v) is 2.61. The average Bonchev–Trinajstić information content (AvgIpc) is 2.78. The van der Waals surface area contributed by atoms with E-state index < -0.39 is 6.29 Å². The van der Waals surface area contributed by atoms with Gasteiger partial charge in [0.05, 0.1) is 6.54 Å². The molecule has 0 fully saturated rings. The summed E-state index contributed by atoms with van der Waals surface area (Å²) in [7, 11) is 1.62. The molecule has 0 aliphatic heterocycles. The summed E-state index contributed by atoms with van der Waals surface area (Å²) < 4.78 is 12.0. The molecule has 1 amide bonds. The summed E-state index contributed by atoms with van der Waals surface area (Å²) in [5.74, 6) is -0.502. The third-order valence-electron chi connectivity index (χ3n) is 2.61. The smallest absolute Gasteiger partial charge is 0.271 e. The van der Waals surface area contributed by atoms with Crippen LogP contribution < -0.4 is 5.32 Å². The molecule has 1 heterocycles. The third kappa shape index (κ3) is 4.43. The minimum atomic E-state index is -0.482. The zero-order valence-corrected chi connectivity index (χ0v) is 12.3. The van der Waals surface area contributed by atoms with Crippen molar-refractivity contribution in [2.75, 3.05) is 19.8 Å². The van der Waals surface area contributed by atoms with Gasteiger partial charge in [-0.1, -0.05) is 0 Å². The highest BCUT2D eigenvalue weighted by Gasteiger charge is 2.16. The topological polar surface area (TPSA) is 82.5 Å². The fourth-order valence-corrected chi connectivity index (χ4v) is 1.71. The Hall–Kier alpha value is -1.73. The van der Waals surface area contributed by atoms with Gasteiger partial charge in [0, 0.05) is 33.3 Å². The minimum Gasteiger partial charge on any atom is -0.351 e. The molecule has 0 unspecified atom stereocenters. The maximum atomic E-state index is 11.9. The Balaban J connectivity index is 2.62. The number of ether oxygens (including phenoxy) is 2. The highest BCUT2D eigenvalue weighted by Crippen LogP contribution is 2.04. The highest BCUT2D eigenvalue weighted by molar-refractivity contribution is 5.97. The standard InChI is InChI=1S/C13H21N3O4/c1-5-19-12(20-6-2)8-14-13(18)10-7-11(9(3)17)16(4)15-10/h7,12H,5-6,8H2,1-4H3,(H,14,18). The first-order valence-electron chi connectivity index (χ1n) is 6.55. The average molecular weight is 283 g/mol. The Bertz CT molecular complexity index is 464. The van der Waals surface area contributed by atoms with Crippen LogP contribution in [0.15, 0.2) is 6.07 Å². The van der Waals surface area contributed by atoms with Crippen molar-refractivity contribution >= 4 is 11.7 Å². The summed E-state index contributed by atoms with van der Waals surface area (Å²) in [6, 6.07) is 1.47. The Morgan fingerprint density at radius 1 is 1.35 bits per heavy atom. The van der Waals surface area contributed by atoms with Gasteiger partial charge in [0.15, 0.2) is 17.8 Å². The van der Waals surface area contributed by atoms with E-state index in [1.54, 1.807) is 7.05 Å². The van der Waals surface area contributed by atoms with Crippen LogP contribution in [0.1, 0.15) is 41.7 Å². The molecule has 1 aromatic rings. The molecule has 20 heavy (non-hydrogen) atoms. The van der Waals surface area contributed by atoms with Gasteiger partial charge in [-0.05, 0) is 13.8 Å². The number of rotatable bonds is 8. The van der Waals surface area contributed by atoms with Crippen LogP contribution in [-0.2, 0) is 16.5 Å². The van der Waals surface area contributed by atoms with Gasteiger partial charge in [0.25, 0.3) is 5.91 Å². The van der Waals surface area contributed by atoms with Crippen LogP contribution in [0.2, 0.25) is 0 Å². The Morgan fingerprint density at radius 3 is 2.40 bits per heavy atom. The molecule has 7 heteroatoms. The highest BCUT2D eigenvalue weighted by atomic mass is 16.7. The Kier molecular flexibility index (Phi) is 6.33. The fourth-order valence-electron chi connectivity index (χ4n) is 1.71. The van der Waals surface area contributed by atoms with Crippen molar-refractivity contribution in [1.82, 2.24) is 15.1 Å². The summed E-state index contributed by atoms with van der Waals surface area (Å²) in [5.41, 5.74) is 0.589. The molecule has 7 nitrogen and oxygen atoms in total. The molecule has 0 atom stereocenters. The number of amides is 1. The first-order chi connectivity index (χ1) is 9.49. The van der Waals surface area contributed by atoms with Crippen molar-refractivity contribution in [3.8, 4) is 0 Å². The van der Waals surface area contributed by atoms with Crippen LogP contribution in [0.4, 0.5) is 0 Å². The number of nitrogens with one attached hydrogen (secondary N) is 1. The quantitative estimate of drug-likeness (QED) is 0.562. The second-order valence-corrected chi connectivity index (χ2v) is 4.14. The molecule has 0 radical (unpaired) electrons. The maximum Gasteiger partial charge on any atom is 0.271 e. The monoisotopic (exact) mass is 283 g/mol. The molecule has 0 bridgehead atoms. The SMILES string of the molecule is CCOC(CNC(=O)c1cc(C(C)=O)n(C)n1)OCC. The lowest BCUT2D eigenvalue weighted by molar-refractivity contribution is -0.131. The molecular formula is C13H21N3O4. The van der Waals surface area contributed by atoms with E-state index >= 15 is 0 Å². The number of Topliss-reactive ketones (excluding diaryl/α,β-unsaturated/α-hetero) is 1. The van der Waals surface area contributed by atoms with Crippen molar-refractivity contribution in [2.24, 2.45) is 7.05 Å². The van der Waals surface area contributed by atoms with Crippen molar-refractivity contribution in [3.05, 3.63) is 17.5 Å². The predicted octanol–water partition coefficient (Wildman–Crippen LogP) is 0.752. The normalized spacial score (nSPS) is 10.8. The first-order valence-corrected chi connectivity index (χ1v) is 6.55. The van der Waals surface area contributed by atoms with Crippen molar-refractivity contribution in [1.29, 1.82) is 0 Å². The molecular weight excluding hydrogens is 262 g/mol. The molecule has 0 aromatic carbocycles. The van der Waals surface area contributed by atoms with Gasteiger partial charge in [0.2, 0.25) is 0 Å². The van der Waals surface area contributed by atoms with E-state index in [2.05, 4.69) is 10.4 Å². The predicted molar refractivity (Wildman–Crippen MR) is 72.6 cm³/mol. The van der Waals surface area contributed by atoms with E-state index in [4.69, 9.17) is 9.47 Å². The van der Waals surface area contributed by atoms with Crippen LogP contribution in [-0.4, -0.2) is 47.5 Å². The lowest BCUT2D eigenvalue weighted by Crippen LogP contribution is -2.35. The summed E-state index contributed by atoms with van der Waals surface area (Å²) in [4.78, 5) is 23.2. The van der Waals surface area contributed by atoms with E-state index in [0.717, 1.165) is 0 Å². The van der Waals surface area contributed by atoms with Gasteiger partial charge in [0.1, 0.15) is 5.69 Å². The van der Waals surface area contributed by atoms with Crippen LogP contribution in [0.3, 0.4) is 0 Å². The van der Waals surface area contributed by atoms with Crippen LogP contribution in [0.5, 0.6) is 0 Å². The number of ketones is 1. The Morgan fingerprint density at radius 2 is 1.95 bits per heavy atom. The molecule has 0 spiro atoms. The van der Waals surface area contributed by atoms with E-state index in [9.17, 15) is 9.59 Å². The molecule has 1 aromatic heterocycles. The summed E-state index contributed by atoms with van der Waals surface area (Å²) in [6.07, 6.45) is -0.482. The molecule has 0 saturated heterocycles. The van der Waals surface area contributed by atoms with Crippen molar-refractivity contribution in [2.45, 2.75) is 27.1 Å². The number of aryl methyl sites for hydroxylation is 1. The van der Waals surface area contributed by atoms with Gasteiger partial charge in [-0.15, -0.1) is 0 Å². The number of hydrogen-bond donors (Lipinski definition) is 1. The summed E-state index contributed by atoms with van der Waals surface area (Å²) in [5, 5.41) is 6.68. The minimum absolute atomic E-state index is 0.138. The lowest BCUT2D eigenvalue weighted by Gasteiger charge is -2.16. The van der Waals surface area contributed by atoms with E-state index in [1.165, 1.54) is 17.7 Å². The van der Waals surface area contributed by atoms with Gasteiger partial charge in [-0.3, -0.25) is 14.3 Å². The number of carbonyl (C=O) groups excluding carboxylic acids is 2. The molecule has 0 aliphatic carbocycles. The second-order valence-electron chi connectivity index (χ2n) is 4.14. The fraction of sp³-hybridized carbons (Fsp3) is 0.615. The van der Waals surface area contributed by atoms with Crippen LogP contribution >= 0.6 is 0 Å². The summed E-state index contributed by atoms with van der Waals surface area (Å²) >= 11 is 0. The number of carbonyl (C=O) groups is 2. The summed E-state index contributed by atoms with van der Waals surface area (Å²) in [6.45, 7) is 6.36. The van der Waals surface area contributed by atoms with Crippen LogP contribution in [0.25, 0.3) is 0 Å². The lowest BCUT2D eigenvalue weighted by atomic mass is 10.3. The molecule has 112 valence electrons. The molecule has 0 saturated carbocycles. The largest absolute Gasteiger partial charge is 0.351 e. The van der Waals surface area contributed by atoms with Gasteiger partial charge < -0.3 is 14.8 Å². The zero-order chi connectivity index (χ0) is 15.1. The molecule has 1 rings (SSSR count). The van der Waals surface area contributed by atoms with E-state index in [1.807, 2.05) is 13.8 Å². The van der Waals surface area contributed by atoms with Gasteiger partial charge in [-0.25, -0.2) is 0 Å². The van der Waals surface area contributed by atoms with Crippen molar-refractivity contribution in [3.63, 3.8) is 0 Å². The van der Waals surface area contributed by atoms with Gasteiger partial charge in [-0.2, -0.15) is 5.10 Å². The number of hydrogen-bond acceptors (Lipinski definition) is 5. The zero-order valence-electron chi connectivity index (χ0n) is 12.3. The van der Waals surface area contributed by atoms with Crippen molar-refractivity contribution < 1.29 is 19.1 Å². The van der Waals surface area contributed by atoms with Gasteiger partial charge >= 0.3 is 0 Å². The number of aromatic nitrogens is 2. The molecule has 0 aliphatic rings. The maximum absolute atomic E-state index is 11.9. The molecule has 1 N–H and O–H groups in total. The van der Waals surface area contributed by atoms with E-state index in [0.29, 0.717) is 18.9 Å². The van der Waals surface area contributed by atoms with Crippen LogP contribution in [0, 0.1) is 0 Å². The second kappa shape index (κ2) is 7.76. The Labute approximate surface area is 118 Å². The number of nitrogens with zero attached hydrogens (tertiary/aromatic N) is 2. The first kappa shape index (κ1) is 16.3. The van der Waals surface area contributed by atoms with E-state index in [-0.39, 0.29) is 23.9 Å².